The Bertz CT molecular complexity index is 1130. The average molecular weight is 406 g/mol. The van der Waals surface area contributed by atoms with Gasteiger partial charge in [0.25, 0.3) is 0 Å². The molecule has 0 saturated heterocycles. The molecule has 0 atom stereocenters. The number of hydrogen-bond donors (Lipinski definition) is 1. The second-order valence-electron chi connectivity index (χ2n) is 6.65. The standard InChI is InChI=1S/C24H23NO3S/c1-2-5-19-7-8-21(18-22(19)9-12-23-6-3-4-15-25-23)20-10-13-24(14-11-20)29(27,28)17-16-26/h3-4,6-8,10-11,13-15,18,26H,2,5,16-17H2,1H3. The molecule has 0 saturated carbocycles. The van der Waals surface area contributed by atoms with Gasteiger partial charge in [0.05, 0.1) is 17.3 Å². The molecule has 0 bridgehead atoms. The third-order valence-electron chi connectivity index (χ3n) is 4.53. The predicted octanol–water partition coefficient (Wildman–Crippen LogP) is 3.87. The van der Waals surface area contributed by atoms with E-state index in [1.54, 1.807) is 30.5 Å². The number of aryl methyl sites for hydroxylation is 1. The average Bonchev–Trinajstić information content (AvgIpc) is 2.74. The van der Waals surface area contributed by atoms with Crippen molar-refractivity contribution in [2.24, 2.45) is 0 Å². The van der Waals surface area contributed by atoms with E-state index in [2.05, 4.69) is 29.8 Å². The molecule has 0 aliphatic heterocycles. The Morgan fingerprint density at radius 1 is 0.966 bits per heavy atom. The highest BCUT2D eigenvalue weighted by molar-refractivity contribution is 7.91. The van der Waals surface area contributed by atoms with Crippen LogP contribution in [0.15, 0.2) is 71.8 Å². The van der Waals surface area contributed by atoms with Crippen LogP contribution in [0.3, 0.4) is 0 Å². The van der Waals surface area contributed by atoms with Gasteiger partial charge in [0, 0.05) is 11.8 Å². The number of pyridine rings is 1. The van der Waals surface area contributed by atoms with Crippen LogP contribution in [0, 0.1) is 11.8 Å². The van der Waals surface area contributed by atoms with Crippen molar-refractivity contribution in [2.45, 2.75) is 24.7 Å². The molecule has 1 aromatic heterocycles. The van der Waals surface area contributed by atoms with Crippen molar-refractivity contribution >= 4 is 9.84 Å². The Kier molecular flexibility index (Phi) is 6.82. The molecule has 4 nitrogen and oxygen atoms in total. The lowest BCUT2D eigenvalue weighted by molar-refractivity contribution is 0.319. The minimum absolute atomic E-state index is 0.216. The van der Waals surface area contributed by atoms with E-state index in [-0.39, 0.29) is 17.3 Å². The fraction of sp³-hybridized carbons (Fsp3) is 0.208. The van der Waals surface area contributed by atoms with Gasteiger partial charge in [-0.05, 0) is 59.4 Å². The number of aliphatic hydroxyl groups excluding tert-OH is 1. The fourth-order valence-electron chi connectivity index (χ4n) is 3.02. The first-order valence-electron chi connectivity index (χ1n) is 9.53. The van der Waals surface area contributed by atoms with Crippen LogP contribution in [-0.2, 0) is 16.3 Å². The number of aliphatic hydroxyl groups is 1. The molecule has 1 heterocycles. The van der Waals surface area contributed by atoms with E-state index in [1.807, 2.05) is 30.3 Å². The van der Waals surface area contributed by atoms with Crippen molar-refractivity contribution in [1.29, 1.82) is 0 Å². The first-order valence-corrected chi connectivity index (χ1v) is 11.2. The maximum Gasteiger partial charge on any atom is 0.180 e. The van der Waals surface area contributed by atoms with Crippen LogP contribution in [0.5, 0.6) is 0 Å². The number of aromatic nitrogens is 1. The third-order valence-corrected chi connectivity index (χ3v) is 6.24. The lowest BCUT2D eigenvalue weighted by Crippen LogP contribution is -2.09. The van der Waals surface area contributed by atoms with Crippen LogP contribution in [0.2, 0.25) is 0 Å². The predicted molar refractivity (Wildman–Crippen MR) is 115 cm³/mol. The first-order chi connectivity index (χ1) is 14.0. The molecule has 148 valence electrons. The van der Waals surface area contributed by atoms with E-state index in [9.17, 15) is 8.42 Å². The molecule has 3 aromatic rings. The molecule has 3 rings (SSSR count). The fourth-order valence-corrected chi connectivity index (χ4v) is 4.05. The van der Waals surface area contributed by atoms with Crippen LogP contribution in [0.1, 0.15) is 30.2 Å². The molecule has 0 unspecified atom stereocenters. The van der Waals surface area contributed by atoms with Gasteiger partial charge < -0.3 is 5.11 Å². The van der Waals surface area contributed by atoms with Gasteiger partial charge in [-0.25, -0.2) is 13.4 Å². The van der Waals surface area contributed by atoms with Gasteiger partial charge in [-0.15, -0.1) is 0 Å². The van der Waals surface area contributed by atoms with Crippen LogP contribution in [-0.4, -0.2) is 30.9 Å². The molecule has 0 amide bonds. The lowest BCUT2D eigenvalue weighted by atomic mass is 9.97. The molecule has 0 spiro atoms. The summed E-state index contributed by atoms with van der Waals surface area (Å²) in [6.07, 6.45) is 3.68. The molecule has 0 aliphatic carbocycles. The summed E-state index contributed by atoms with van der Waals surface area (Å²) in [5.74, 6) is 6.09. The quantitative estimate of drug-likeness (QED) is 0.632. The second kappa shape index (κ2) is 9.51. The van der Waals surface area contributed by atoms with Crippen LogP contribution < -0.4 is 0 Å². The van der Waals surface area contributed by atoms with E-state index in [0.29, 0.717) is 0 Å². The van der Waals surface area contributed by atoms with Crippen molar-refractivity contribution < 1.29 is 13.5 Å². The minimum Gasteiger partial charge on any atom is -0.395 e. The van der Waals surface area contributed by atoms with E-state index < -0.39 is 9.84 Å². The minimum atomic E-state index is -3.45. The Labute approximate surface area is 172 Å². The number of benzene rings is 2. The molecule has 1 N–H and O–H groups in total. The third kappa shape index (κ3) is 5.32. The maximum atomic E-state index is 12.1. The maximum absolute atomic E-state index is 12.1. The summed E-state index contributed by atoms with van der Waals surface area (Å²) >= 11 is 0. The van der Waals surface area contributed by atoms with Crippen molar-refractivity contribution in [3.05, 3.63) is 83.7 Å². The van der Waals surface area contributed by atoms with Gasteiger partial charge in [-0.3, -0.25) is 0 Å². The number of nitrogens with zero attached hydrogens (tertiary/aromatic N) is 1. The van der Waals surface area contributed by atoms with Crippen molar-refractivity contribution in [3.8, 4) is 23.0 Å². The monoisotopic (exact) mass is 405 g/mol. The van der Waals surface area contributed by atoms with Crippen LogP contribution in [0.4, 0.5) is 0 Å². The van der Waals surface area contributed by atoms with Gasteiger partial charge in [-0.2, -0.15) is 0 Å². The summed E-state index contributed by atoms with van der Waals surface area (Å²) in [4.78, 5) is 4.47. The van der Waals surface area contributed by atoms with Gasteiger partial charge in [0.15, 0.2) is 9.84 Å². The summed E-state index contributed by atoms with van der Waals surface area (Å²) in [7, 11) is -3.45. The Morgan fingerprint density at radius 3 is 2.38 bits per heavy atom. The number of hydrogen-bond acceptors (Lipinski definition) is 4. The van der Waals surface area contributed by atoms with Crippen molar-refractivity contribution in [2.75, 3.05) is 12.4 Å². The molecular formula is C24H23NO3S. The number of rotatable bonds is 6. The highest BCUT2D eigenvalue weighted by atomic mass is 32.2. The molecule has 2 aromatic carbocycles. The first kappa shape index (κ1) is 20.8. The molecule has 0 radical (unpaired) electrons. The molecule has 0 aliphatic rings. The van der Waals surface area contributed by atoms with Gasteiger partial charge in [-0.1, -0.05) is 49.6 Å². The zero-order valence-corrected chi connectivity index (χ0v) is 17.1. The lowest BCUT2D eigenvalue weighted by Gasteiger charge is -2.09. The Balaban J connectivity index is 1.95. The summed E-state index contributed by atoms with van der Waals surface area (Å²) in [5.41, 5.74) is 4.74. The largest absolute Gasteiger partial charge is 0.395 e. The second-order valence-corrected chi connectivity index (χ2v) is 8.76. The zero-order chi connectivity index (χ0) is 20.7. The summed E-state index contributed by atoms with van der Waals surface area (Å²) in [5, 5.41) is 8.93. The van der Waals surface area contributed by atoms with Crippen molar-refractivity contribution in [3.63, 3.8) is 0 Å². The Hall–Kier alpha value is -2.94. The van der Waals surface area contributed by atoms with Gasteiger partial charge in [0.2, 0.25) is 0 Å². The highest BCUT2D eigenvalue weighted by Crippen LogP contribution is 2.25. The Morgan fingerprint density at radius 2 is 1.72 bits per heavy atom. The molecule has 0 fully saturated rings. The van der Waals surface area contributed by atoms with Crippen molar-refractivity contribution in [1.82, 2.24) is 4.98 Å². The van der Waals surface area contributed by atoms with E-state index in [1.165, 1.54) is 5.56 Å². The summed E-state index contributed by atoms with van der Waals surface area (Å²) in [6.45, 7) is 1.75. The summed E-state index contributed by atoms with van der Waals surface area (Å²) < 4.78 is 24.2. The zero-order valence-electron chi connectivity index (χ0n) is 16.3. The molecule has 5 heteroatoms. The molecule has 29 heavy (non-hydrogen) atoms. The van der Waals surface area contributed by atoms with Gasteiger partial charge >= 0.3 is 0 Å². The topological polar surface area (TPSA) is 67.3 Å². The SMILES string of the molecule is CCCc1ccc(-c2ccc(S(=O)(=O)CCO)cc2)cc1C#Cc1ccccn1. The highest BCUT2D eigenvalue weighted by Gasteiger charge is 2.13. The van der Waals surface area contributed by atoms with Gasteiger partial charge in [0.1, 0.15) is 5.69 Å². The summed E-state index contributed by atoms with van der Waals surface area (Å²) in [6, 6.07) is 18.5. The normalized spacial score (nSPS) is 11.0. The number of sulfone groups is 1. The van der Waals surface area contributed by atoms with E-state index >= 15 is 0 Å². The van der Waals surface area contributed by atoms with E-state index in [4.69, 9.17) is 5.11 Å². The van der Waals surface area contributed by atoms with Crippen LogP contribution in [0.25, 0.3) is 11.1 Å². The smallest absolute Gasteiger partial charge is 0.180 e. The molecular weight excluding hydrogens is 382 g/mol. The van der Waals surface area contributed by atoms with Crippen LogP contribution >= 0.6 is 0 Å². The van der Waals surface area contributed by atoms with E-state index in [0.717, 1.165) is 35.2 Å².